The number of aryl methyl sites for hydroxylation is 2. The van der Waals surface area contributed by atoms with Gasteiger partial charge in [0.25, 0.3) is 6.23 Å². The first-order chi connectivity index (χ1) is 23.3. The molecule has 50 heavy (non-hydrogen) atoms. The van der Waals surface area contributed by atoms with Crippen LogP contribution >= 0.6 is 0 Å². The van der Waals surface area contributed by atoms with E-state index in [1.54, 1.807) is 17.9 Å². The summed E-state index contributed by atoms with van der Waals surface area (Å²) in [4.78, 5) is 48.1. The normalized spacial score (nSPS) is 20.9. The Hall–Kier alpha value is -4.00. The highest BCUT2D eigenvalue weighted by atomic mass is 16.7. The van der Waals surface area contributed by atoms with Crippen molar-refractivity contribution in [3.8, 4) is 0 Å². The molecule has 1 aromatic heterocycles. The number of carbonyl (C=O) groups is 4. The lowest BCUT2D eigenvalue weighted by Gasteiger charge is -2.42. The molecule has 1 N–H and O–H groups in total. The minimum absolute atomic E-state index is 0.0636. The van der Waals surface area contributed by atoms with Crippen molar-refractivity contribution in [2.75, 3.05) is 18.5 Å². The van der Waals surface area contributed by atoms with Gasteiger partial charge in [-0.2, -0.15) is 0 Å². The molecule has 3 rings (SSSR count). The Morgan fingerprint density at radius 3 is 1.86 bits per heavy atom. The van der Waals surface area contributed by atoms with Crippen LogP contribution in [0.4, 0.5) is 5.69 Å². The summed E-state index contributed by atoms with van der Waals surface area (Å²) >= 11 is 0. The van der Waals surface area contributed by atoms with Gasteiger partial charge in [-0.25, -0.2) is 0 Å². The van der Waals surface area contributed by atoms with Gasteiger partial charge in [-0.3, -0.25) is 19.2 Å². The zero-order valence-electron chi connectivity index (χ0n) is 31.7. The molecule has 2 heterocycles. The fourth-order valence-corrected chi connectivity index (χ4v) is 5.86. The van der Waals surface area contributed by atoms with Crippen LogP contribution in [-0.2, 0) is 67.2 Å². The number of rotatable bonds is 14. The van der Waals surface area contributed by atoms with E-state index in [2.05, 4.69) is 70.3 Å². The van der Waals surface area contributed by atoms with E-state index in [1.807, 2.05) is 0 Å². The Balaban J connectivity index is 1.68. The number of hydrogen-bond acceptors (Lipinski definition) is 11. The van der Waals surface area contributed by atoms with E-state index >= 15 is 0 Å². The average molecular weight is 702 g/mol. The molecule has 0 bridgehead atoms. The molecule has 0 unspecified atom stereocenters. The van der Waals surface area contributed by atoms with Gasteiger partial charge in [0.15, 0.2) is 24.1 Å². The summed E-state index contributed by atoms with van der Waals surface area (Å²) in [5, 5.41) is 8.22. The zero-order chi connectivity index (χ0) is 37.4. The van der Waals surface area contributed by atoms with Crippen LogP contribution in [-0.4, -0.2) is 71.3 Å². The molecule has 13 nitrogen and oxygen atoms in total. The van der Waals surface area contributed by atoms with Crippen molar-refractivity contribution in [1.82, 2.24) is 9.90 Å². The highest BCUT2D eigenvalue weighted by molar-refractivity contribution is 5.68. The number of unbranched alkanes of at least 4 members (excludes halogenated alkanes) is 3. The molecule has 13 heteroatoms. The lowest BCUT2D eigenvalue weighted by molar-refractivity contribution is -0.825. The maximum atomic E-state index is 12.2. The highest BCUT2D eigenvalue weighted by Gasteiger charge is 2.55. The van der Waals surface area contributed by atoms with Crippen LogP contribution in [0.2, 0.25) is 0 Å². The smallest absolute Gasteiger partial charge is 0.303 e. The first-order valence-corrected chi connectivity index (χ1v) is 17.4. The Kier molecular flexibility index (Phi) is 14.0. The molecule has 1 aliphatic rings. The number of esters is 4. The van der Waals surface area contributed by atoms with Gasteiger partial charge in [0.2, 0.25) is 6.10 Å². The van der Waals surface area contributed by atoms with Crippen LogP contribution in [0, 0.1) is 0 Å². The molecule has 5 atom stereocenters. The minimum Gasteiger partial charge on any atom is -0.463 e. The lowest BCUT2D eigenvalue weighted by Crippen LogP contribution is -2.66. The van der Waals surface area contributed by atoms with E-state index in [9.17, 15) is 19.2 Å². The van der Waals surface area contributed by atoms with Crippen LogP contribution in [0.5, 0.6) is 0 Å². The van der Waals surface area contributed by atoms with Crippen molar-refractivity contribution in [2.24, 2.45) is 7.05 Å². The molecular weight excluding hydrogens is 644 g/mol. The largest absolute Gasteiger partial charge is 0.463 e. The Labute approximate surface area is 296 Å². The lowest BCUT2D eigenvalue weighted by atomic mass is 9.80. The SMILES string of the molecule is CC(=O)OC[C@H]1O[C@@H]([n+]2cc(CCCCCCNc3cc(C(C)(C)C)cc(C(C)(C)C)c3)n(C)n2)[C@@H](OC(C)=O)[C@@H](OC(C)=O)[C@@H]1OC(C)=O. The molecule has 278 valence electrons. The summed E-state index contributed by atoms with van der Waals surface area (Å²) in [7, 11) is 1.80. The predicted octanol–water partition coefficient (Wildman–Crippen LogP) is 4.77. The maximum absolute atomic E-state index is 12.2. The van der Waals surface area contributed by atoms with Crippen molar-refractivity contribution in [3.05, 3.63) is 41.2 Å². The van der Waals surface area contributed by atoms with Crippen molar-refractivity contribution in [3.63, 3.8) is 0 Å². The number of ether oxygens (including phenoxy) is 5. The first kappa shape index (κ1) is 40.4. The molecule has 1 aliphatic heterocycles. The van der Waals surface area contributed by atoms with Crippen LogP contribution in [0.15, 0.2) is 24.4 Å². The third kappa shape index (κ3) is 11.8. The molecule has 0 spiro atoms. The summed E-state index contributed by atoms with van der Waals surface area (Å²) in [5.41, 5.74) is 4.84. The molecule has 2 aromatic rings. The number of benzene rings is 1. The van der Waals surface area contributed by atoms with Gasteiger partial charge in [0, 0.05) is 46.3 Å². The third-order valence-corrected chi connectivity index (χ3v) is 8.52. The maximum Gasteiger partial charge on any atom is 0.303 e. The summed E-state index contributed by atoms with van der Waals surface area (Å²) in [6.07, 6.45) is 0.695. The Morgan fingerprint density at radius 1 is 0.780 bits per heavy atom. The minimum atomic E-state index is -1.26. The van der Waals surface area contributed by atoms with E-state index in [1.165, 1.54) is 43.5 Å². The molecule has 1 aromatic carbocycles. The summed E-state index contributed by atoms with van der Waals surface area (Å²) in [6.45, 7) is 18.9. The third-order valence-electron chi connectivity index (χ3n) is 8.52. The van der Waals surface area contributed by atoms with Crippen LogP contribution in [0.3, 0.4) is 0 Å². The van der Waals surface area contributed by atoms with E-state index in [-0.39, 0.29) is 17.4 Å². The molecule has 0 amide bonds. The fraction of sp³-hybridized carbons (Fsp3) is 0.676. The quantitative estimate of drug-likeness (QED) is 0.126. The molecule has 0 saturated carbocycles. The van der Waals surface area contributed by atoms with E-state index in [4.69, 9.17) is 23.7 Å². The standard InChI is InChI=1S/C37H57N4O9/c1-23(42)46-22-31-32(47-24(2)43)33(48-25(3)44)34(49-26(4)45)35(50-31)41-21-30(40(11)39-41)16-14-12-13-15-17-38-29-19-27(36(5,6)7)18-28(20-29)37(8,9)10/h18-21,31-35,38H,12-17,22H2,1-11H3/q+1/t31-,32-,33+,34+,35-/m1/s1. The second kappa shape index (κ2) is 17.3. The van der Waals surface area contributed by atoms with Crippen LogP contribution < -0.4 is 10.00 Å². The molecule has 0 radical (unpaired) electrons. The number of nitrogens with zero attached hydrogens (tertiary/aromatic N) is 3. The average Bonchev–Trinajstić information content (AvgIpc) is 3.35. The topological polar surface area (TPSA) is 148 Å². The van der Waals surface area contributed by atoms with Gasteiger partial charge < -0.3 is 29.0 Å². The van der Waals surface area contributed by atoms with Crippen LogP contribution in [0.25, 0.3) is 0 Å². The molecule has 1 fully saturated rings. The second-order valence-electron chi connectivity index (χ2n) is 15.1. The van der Waals surface area contributed by atoms with E-state index in [0.717, 1.165) is 50.0 Å². The Bertz CT molecular complexity index is 1460. The first-order valence-electron chi connectivity index (χ1n) is 17.4. The van der Waals surface area contributed by atoms with Crippen molar-refractivity contribution in [1.29, 1.82) is 0 Å². The zero-order valence-corrected chi connectivity index (χ0v) is 31.7. The summed E-state index contributed by atoms with van der Waals surface area (Å²) in [5.74, 6) is -2.61. The van der Waals surface area contributed by atoms with E-state index < -0.39 is 54.5 Å². The van der Waals surface area contributed by atoms with Crippen molar-refractivity contribution >= 4 is 29.6 Å². The van der Waals surface area contributed by atoms with Crippen LogP contribution in [0.1, 0.15) is 118 Å². The number of aromatic nitrogens is 3. The van der Waals surface area contributed by atoms with Gasteiger partial charge in [0.05, 0.1) is 5.21 Å². The molecular formula is C37H57N4O9+. The van der Waals surface area contributed by atoms with Crippen molar-refractivity contribution in [2.45, 2.75) is 143 Å². The van der Waals surface area contributed by atoms with E-state index in [0.29, 0.717) is 0 Å². The Morgan fingerprint density at radius 2 is 1.32 bits per heavy atom. The number of hydrogen-bond donors (Lipinski definition) is 1. The van der Waals surface area contributed by atoms with Crippen molar-refractivity contribution < 1.29 is 47.5 Å². The number of anilines is 1. The van der Waals surface area contributed by atoms with Gasteiger partial charge >= 0.3 is 23.9 Å². The van der Waals surface area contributed by atoms with Gasteiger partial charge in [-0.1, -0.05) is 60.5 Å². The highest BCUT2D eigenvalue weighted by Crippen LogP contribution is 2.33. The number of nitrogens with one attached hydrogen (secondary N) is 1. The number of carbonyl (C=O) groups excluding carboxylic acids is 4. The fourth-order valence-electron chi connectivity index (χ4n) is 5.86. The summed E-state index contributed by atoms with van der Waals surface area (Å²) in [6, 6.07) is 6.85. The van der Waals surface area contributed by atoms with Gasteiger partial charge in [0.1, 0.15) is 19.8 Å². The molecule has 0 aliphatic carbocycles. The van der Waals surface area contributed by atoms with Gasteiger partial charge in [-0.15, -0.1) is 9.36 Å². The van der Waals surface area contributed by atoms with Gasteiger partial charge in [-0.05, 0) is 46.9 Å². The molecule has 1 saturated heterocycles. The second-order valence-corrected chi connectivity index (χ2v) is 15.1. The monoisotopic (exact) mass is 701 g/mol. The summed E-state index contributed by atoms with van der Waals surface area (Å²) < 4.78 is 31.3. The predicted molar refractivity (Wildman–Crippen MR) is 185 cm³/mol.